The maximum Gasteiger partial charge on any atom is 0.251 e. The van der Waals surface area contributed by atoms with Crippen molar-refractivity contribution in [2.75, 3.05) is 13.1 Å². The van der Waals surface area contributed by atoms with Crippen LogP contribution < -0.4 is 16.2 Å². The van der Waals surface area contributed by atoms with Crippen molar-refractivity contribution in [3.63, 3.8) is 0 Å². The summed E-state index contributed by atoms with van der Waals surface area (Å²) < 4.78 is 13.1. The van der Waals surface area contributed by atoms with Crippen LogP contribution in [0.25, 0.3) is 0 Å². The lowest BCUT2D eigenvalue weighted by Gasteiger charge is -2.33. The number of nitrogens with one attached hydrogen (secondary N) is 3. The number of carbonyl (C=O) groups is 2. The Morgan fingerprint density at radius 3 is 2.39 bits per heavy atom. The van der Waals surface area contributed by atoms with Crippen LogP contribution in [0.3, 0.4) is 0 Å². The van der Waals surface area contributed by atoms with Gasteiger partial charge in [-0.1, -0.05) is 18.2 Å². The summed E-state index contributed by atoms with van der Waals surface area (Å²) in [5.74, 6) is -0.262. The second-order valence-electron chi connectivity index (χ2n) is 8.55. The smallest absolute Gasteiger partial charge is 0.251 e. The van der Waals surface area contributed by atoms with E-state index in [-0.39, 0.29) is 35.8 Å². The van der Waals surface area contributed by atoms with Gasteiger partial charge in [-0.25, -0.2) is 15.2 Å². The van der Waals surface area contributed by atoms with E-state index in [1.165, 1.54) is 17.7 Å². The minimum Gasteiger partial charge on any atom is -0.349 e. The summed E-state index contributed by atoms with van der Waals surface area (Å²) in [5.41, 5.74) is 10.1. The number of hydrogen-bond donors (Lipinski definition) is 3. The zero-order valence-electron chi connectivity index (χ0n) is 18.0. The number of halogens is 1. The molecule has 0 bridgehead atoms. The van der Waals surface area contributed by atoms with Crippen molar-refractivity contribution in [2.24, 2.45) is 0 Å². The number of hydrazine groups is 1. The van der Waals surface area contributed by atoms with Crippen molar-refractivity contribution >= 4 is 11.8 Å². The van der Waals surface area contributed by atoms with Crippen LogP contribution in [0.5, 0.6) is 0 Å². The molecule has 0 aliphatic carbocycles. The Morgan fingerprint density at radius 2 is 1.71 bits per heavy atom. The van der Waals surface area contributed by atoms with Gasteiger partial charge >= 0.3 is 0 Å². The number of likely N-dealkylation sites (tertiary alicyclic amines) is 1. The van der Waals surface area contributed by atoms with Crippen LogP contribution in [-0.4, -0.2) is 41.9 Å². The maximum absolute atomic E-state index is 13.1. The van der Waals surface area contributed by atoms with Crippen LogP contribution in [-0.2, 0) is 4.79 Å². The number of rotatable bonds is 4. The van der Waals surface area contributed by atoms with Crippen molar-refractivity contribution in [3.8, 4) is 0 Å². The average Bonchev–Trinajstić information content (AvgIpc) is 3.26. The third-order valence-electron chi connectivity index (χ3n) is 6.38. The van der Waals surface area contributed by atoms with Crippen LogP contribution in [0.2, 0.25) is 0 Å². The maximum atomic E-state index is 13.1. The Labute approximate surface area is 182 Å². The second kappa shape index (κ2) is 9.16. The van der Waals surface area contributed by atoms with Gasteiger partial charge in [0.25, 0.3) is 5.91 Å². The fourth-order valence-corrected chi connectivity index (χ4v) is 4.25. The molecule has 2 heterocycles. The van der Waals surface area contributed by atoms with E-state index in [4.69, 9.17) is 0 Å². The molecule has 0 aromatic heterocycles. The molecule has 2 aliphatic heterocycles. The molecule has 31 heavy (non-hydrogen) atoms. The molecule has 4 rings (SSSR count). The Balaban J connectivity index is 1.26. The predicted octanol–water partition coefficient (Wildman–Crippen LogP) is 2.77. The second-order valence-corrected chi connectivity index (χ2v) is 8.55. The topological polar surface area (TPSA) is 73.5 Å². The van der Waals surface area contributed by atoms with Crippen molar-refractivity contribution in [1.82, 2.24) is 21.1 Å². The summed E-state index contributed by atoms with van der Waals surface area (Å²) in [6, 6.07) is 11.8. The largest absolute Gasteiger partial charge is 0.349 e. The van der Waals surface area contributed by atoms with Gasteiger partial charge in [0.05, 0.1) is 0 Å². The van der Waals surface area contributed by atoms with Gasteiger partial charge in [-0.2, -0.15) is 0 Å². The van der Waals surface area contributed by atoms with Crippen molar-refractivity contribution in [1.29, 1.82) is 0 Å². The molecule has 0 spiro atoms. The molecule has 2 amide bonds. The Bertz CT molecular complexity index is 955. The number of nitrogens with zero attached hydrogens (tertiary/aromatic N) is 1. The summed E-state index contributed by atoms with van der Waals surface area (Å²) in [6.07, 6.45) is 2.10. The van der Waals surface area contributed by atoms with Crippen LogP contribution in [0.1, 0.15) is 52.4 Å². The van der Waals surface area contributed by atoms with E-state index < -0.39 is 0 Å². The number of amides is 2. The first kappa shape index (κ1) is 21.5. The molecule has 7 heteroatoms. The summed E-state index contributed by atoms with van der Waals surface area (Å²) in [4.78, 5) is 27.4. The van der Waals surface area contributed by atoms with Gasteiger partial charge in [0.1, 0.15) is 11.9 Å². The fraction of sp³-hybridized carbons (Fsp3) is 0.417. The van der Waals surface area contributed by atoms with Crippen molar-refractivity contribution in [2.45, 2.75) is 51.2 Å². The minimum absolute atomic E-state index is 0.0238. The number of carbonyl (C=O) groups excluding carboxylic acids is 2. The number of piperidine rings is 1. The van der Waals surface area contributed by atoms with E-state index in [1.54, 1.807) is 12.1 Å². The highest BCUT2D eigenvalue weighted by molar-refractivity contribution is 5.94. The molecule has 2 aromatic rings. The highest BCUT2D eigenvalue weighted by atomic mass is 19.1. The summed E-state index contributed by atoms with van der Waals surface area (Å²) >= 11 is 0. The third-order valence-corrected chi connectivity index (χ3v) is 6.38. The Morgan fingerprint density at radius 1 is 1.00 bits per heavy atom. The van der Waals surface area contributed by atoms with Crippen LogP contribution in [0.15, 0.2) is 42.5 Å². The molecule has 0 radical (unpaired) electrons. The van der Waals surface area contributed by atoms with E-state index in [9.17, 15) is 14.0 Å². The monoisotopic (exact) mass is 424 g/mol. The molecule has 2 aliphatic rings. The first-order valence-corrected chi connectivity index (χ1v) is 10.8. The zero-order valence-corrected chi connectivity index (χ0v) is 18.0. The van der Waals surface area contributed by atoms with Gasteiger partial charge in [0, 0.05) is 30.7 Å². The van der Waals surface area contributed by atoms with Crippen molar-refractivity contribution < 1.29 is 14.0 Å². The molecule has 0 saturated carbocycles. The SMILES string of the molecule is Cc1ccc(C(=O)NC2CCN(C(=O)C3CC(c4ccc(F)cc4)NN3)CC2)cc1C. The lowest BCUT2D eigenvalue weighted by molar-refractivity contribution is -0.134. The van der Waals surface area contributed by atoms with Crippen LogP contribution in [0.4, 0.5) is 4.39 Å². The van der Waals surface area contributed by atoms with E-state index >= 15 is 0 Å². The van der Waals surface area contributed by atoms with Gasteiger partial charge in [-0.15, -0.1) is 0 Å². The van der Waals surface area contributed by atoms with Crippen LogP contribution >= 0.6 is 0 Å². The quantitative estimate of drug-likeness (QED) is 0.706. The van der Waals surface area contributed by atoms with E-state index in [1.807, 2.05) is 36.9 Å². The molecule has 2 saturated heterocycles. The lowest BCUT2D eigenvalue weighted by atomic mass is 9.99. The predicted molar refractivity (Wildman–Crippen MR) is 117 cm³/mol. The third kappa shape index (κ3) is 4.94. The lowest BCUT2D eigenvalue weighted by Crippen LogP contribution is -2.51. The van der Waals surface area contributed by atoms with E-state index in [2.05, 4.69) is 16.2 Å². The zero-order chi connectivity index (χ0) is 22.0. The van der Waals surface area contributed by atoms with Gasteiger partial charge in [0.2, 0.25) is 5.91 Å². The summed E-state index contributed by atoms with van der Waals surface area (Å²) in [7, 11) is 0. The molecule has 6 nitrogen and oxygen atoms in total. The minimum atomic E-state index is -0.309. The average molecular weight is 425 g/mol. The molecular formula is C24H29FN4O2. The molecule has 3 N–H and O–H groups in total. The molecule has 164 valence electrons. The normalized spacial score (nSPS) is 21.8. The van der Waals surface area contributed by atoms with Gasteiger partial charge < -0.3 is 10.2 Å². The fourth-order valence-electron chi connectivity index (χ4n) is 4.25. The van der Waals surface area contributed by atoms with Gasteiger partial charge in [-0.3, -0.25) is 9.59 Å². The summed E-state index contributed by atoms with van der Waals surface area (Å²) in [5, 5.41) is 3.11. The number of benzene rings is 2. The van der Waals surface area contributed by atoms with Gasteiger partial charge in [0.15, 0.2) is 0 Å². The summed E-state index contributed by atoms with van der Waals surface area (Å²) in [6.45, 7) is 5.27. The first-order chi connectivity index (χ1) is 14.9. The van der Waals surface area contributed by atoms with Crippen LogP contribution in [0, 0.1) is 19.7 Å². The highest BCUT2D eigenvalue weighted by Crippen LogP contribution is 2.24. The van der Waals surface area contributed by atoms with E-state index in [0.29, 0.717) is 25.1 Å². The number of hydrogen-bond acceptors (Lipinski definition) is 4. The molecule has 2 fully saturated rings. The number of aryl methyl sites for hydroxylation is 2. The highest BCUT2D eigenvalue weighted by Gasteiger charge is 2.34. The molecular weight excluding hydrogens is 395 g/mol. The van der Waals surface area contributed by atoms with Gasteiger partial charge in [-0.05, 0) is 74.1 Å². The molecule has 2 unspecified atom stereocenters. The van der Waals surface area contributed by atoms with Crippen molar-refractivity contribution in [3.05, 3.63) is 70.5 Å². The first-order valence-electron chi connectivity index (χ1n) is 10.8. The Hall–Kier alpha value is -2.77. The molecule has 2 aromatic carbocycles. The standard InChI is InChI=1S/C24H29FN4O2/c1-15-3-4-18(13-16(15)2)23(30)26-20-9-11-29(12-10-20)24(31)22-14-21(27-28-22)17-5-7-19(25)8-6-17/h3-8,13,20-22,27-28H,9-12,14H2,1-2H3,(H,26,30). The Kier molecular flexibility index (Phi) is 6.34. The molecule has 2 atom stereocenters. The van der Waals surface area contributed by atoms with E-state index in [0.717, 1.165) is 24.0 Å².